The Balaban J connectivity index is 1.64. The first kappa shape index (κ1) is 21.0. The monoisotopic (exact) mass is 427 g/mol. The second-order valence-electron chi connectivity index (χ2n) is 6.84. The van der Waals surface area contributed by atoms with Crippen LogP contribution in [0.25, 0.3) is 22.3 Å². The third kappa shape index (κ3) is 4.73. The number of rotatable bonds is 7. The summed E-state index contributed by atoms with van der Waals surface area (Å²) in [6.45, 7) is 1.90. The maximum atomic E-state index is 13.1. The number of carbonyl (C=O) groups excluding carboxylic acids is 1. The van der Waals surface area contributed by atoms with Gasteiger partial charge in [0.05, 0.1) is 23.7 Å². The second-order valence-corrected chi connectivity index (χ2v) is 6.84. The molecule has 0 amide bonds. The van der Waals surface area contributed by atoms with Gasteiger partial charge in [-0.2, -0.15) is 9.78 Å². The molecule has 1 heterocycles. The summed E-state index contributed by atoms with van der Waals surface area (Å²) in [5.41, 5.74) is 1.91. The number of esters is 1. The molecule has 0 spiro atoms. The summed E-state index contributed by atoms with van der Waals surface area (Å²) in [7, 11) is 0. The first-order valence-corrected chi connectivity index (χ1v) is 10.2. The van der Waals surface area contributed by atoms with Gasteiger partial charge in [0.15, 0.2) is 12.4 Å². The topological polar surface area (TPSA) is 82.8 Å². The van der Waals surface area contributed by atoms with E-state index in [0.29, 0.717) is 29.1 Å². The van der Waals surface area contributed by atoms with Gasteiger partial charge >= 0.3 is 5.97 Å². The smallest absolute Gasteiger partial charge is 0.344 e. The molecule has 4 rings (SSSR count). The highest BCUT2D eigenvalue weighted by atomic mass is 16.6. The van der Waals surface area contributed by atoms with Crippen LogP contribution in [0.4, 0.5) is 0 Å². The number of fused-ring (bicyclic) bond motifs is 1. The summed E-state index contributed by atoms with van der Waals surface area (Å²) >= 11 is 0. The van der Waals surface area contributed by atoms with Crippen LogP contribution in [0.3, 0.4) is 0 Å². The highest BCUT2D eigenvalue weighted by molar-refractivity contribution is 5.82. The number of ether oxygens (including phenoxy) is 2. The van der Waals surface area contributed by atoms with E-state index in [2.05, 4.69) is 10.1 Å². The van der Waals surface area contributed by atoms with Gasteiger partial charge in [0, 0.05) is 5.56 Å². The van der Waals surface area contributed by atoms with Gasteiger partial charge in [0.25, 0.3) is 5.56 Å². The van der Waals surface area contributed by atoms with Gasteiger partial charge in [0.2, 0.25) is 0 Å². The van der Waals surface area contributed by atoms with Crippen LogP contribution >= 0.6 is 0 Å². The molecule has 3 aromatic carbocycles. The molecular formula is C25H21N3O4. The number of benzene rings is 3. The summed E-state index contributed by atoms with van der Waals surface area (Å²) in [5.74, 6) is 0.569. The molecule has 160 valence electrons. The van der Waals surface area contributed by atoms with Crippen LogP contribution in [0, 0.1) is 0 Å². The van der Waals surface area contributed by atoms with Crippen molar-refractivity contribution in [1.82, 2.24) is 9.66 Å². The van der Waals surface area contributed by atoms with E-state index < -0.39 is 5.97 Å². The van der Waals surface area contributed by atoms with E-state index >= 15 is 0 Å². The molecule has 0 bridgehead atoms. The highest BCUT2D eigenvalue weighted by Gasteiger charge is 2.12. The minimum atomic E-state index is -0.422. The zero-order chi connectivity index (χ0) is 22.3. The number of nitrogens with zero attached hydrogens (tertiary/aromatic N) is 3. The van der Waals surface area contributed by atoms with Crippen molar-refractivity contribution in [2.24, 2.45) is 5.10 Å². The van der Waals surface area contributed by atoms with Crippen molar-refractivity contribution in [1.29, 1.82) is 0 Å². The molecule has 0 fully saturated rings. The van der Waals surface area contributed by atoms with E-state index in [9.17, 15) is 9.59 Å². The van der Waals surface area contributed by atoms with Gasteiger partial charge in [-0.1, -0.05) is 42.5 Å². The lowest BCUT2D eigenvalue weighted by atomic mass is 10.2. The van der Waals surface area contributed by atoms with Gasteiger partial charge in [0.1, 0.15) is 5.75 Å². The standard InChI is InChI=1S/C25H21N3O4/c1-2-31-23(29)17-32-20-14-12-18(13-15-20)16-26-28-24(19-8-4-3-5-9-19)27-22-11-7-6-10-21(22)25(28)30/h3-16H,2,17H2,1H3. The van der Waals surface area contributed by atoms with E-state index in [1.165, 1.54) is 4.68 Å². The second kappa shape index (κ2) is 9.70. The molecule has 0 unspecified atom stereocenters. The Morgan fingerprint density at radius 2 is 1.72 bits per heavy atom. The van der Waals surface area contributed by atoms with Crippen molar-refractivity contribution in [2.75, 3.05) is 13.2 Å². The third-order valence-electron chi connectivity index (χ3n) is 4.65. The molecule has 0 aliphatic heterocycles. The third-order valence-corrected chi connectivity index (χ3v) is 4.65. The predicted molar refractivity (Wildman–Crippen MR) is 123 cm³/mol. The molecule has 0 aliphatic rings. The van der Waals surface area contributed by atoms with Crippen LogP contribution in [0.15, 0.2) is 88.8 Å². The van der Waals surface area contributed by atoms with Crippen molar-refractivity contribution >= 4 is 23.1 Å². The summed E-state index contributed by atoms with van der Waals surface area (Å²) in [5, 5.41) is 4.93. The SMILES string of the molecule is CCOC(=O)COc1ccc(C=Nn2c(-c3ccccc3)nc3ccccc3c2=O)cc1. The lowest BCUT2D eigenvalue weighted by molar-refractivity contribution is -0.145. The molecule has 7 nitrogen and oxygen atoms in total. The quantitative estimate of drug-likeness (QED) is 0.330. The molecular weight excluding hydrogens is 406 g/mol. The minimum absolute atomic E-state index is 0.153. The highest BCUT2D eigenvalue weighted by Crippen LogP contribution is 2.19. The Hall–Kier alpha value is -4.26. The van der Waals surface area contributed by atoms with Crippen molar-refractivity contribution in [2.45, 2.75) is 6.92 Å². The molecule has 0 atom stereocenters. The summed E-state index contributed by atoms with van der Waals surface area (Å²) in [4.78, 5) is 29.2. The van der Waals surface area contributed by atoms with Crippen molar-refractivity contribution < 1.29 is 14.3 Å². The molecule has 0 aliphatic carbocycles. The Morgan fingerprint density at radius 3 is 2.47 bits per heavy atom. The average molecular weight is 427 g/mol. The van der Waals surface area contributed by atoms with Crippen LogP contribution in [0.1, 0.15) is 12.5 Å². The van der Waals surface area contributed by atoms with Gasteiger partial charge in [-0.05, 0) is 48.9 Å². The normalized spacial score (nSPS) is 11.0. The van der Waals surface area contributed by atoms with E-state index in [1.54, 1.807) is 49.5 Å². The predicted octanol–water partition coefficient (Wildman–Crippen LogP) is 3.89. The average Bonchev–Trinajstić information content (AvgIpc) is 2.83. The molecule has 0 N–H and O–H groups in total. The van der Waals surface area contributed by atoms with Gasteiger partial charge in [-0.3, -0.25) is 4.79 Å². The fourth-order valence-corrected chi connectivity index (χ4v) is 3.12. The number of hydrogen-bond donors (Lipinski definition) is 0. The first-order valence-electron chi connectivity index (χ1n) is 10.2. The summed E-state index contributed by atoms with van der Waals surface area (Å²) in [6.07, 6.45) is 1.58. The van der Waals surface area contributed by atoms with Crippen LogP contribution in [-0.4, -0.2) is 35.1 Å². The fourth-order valence-electron chi connectivity index (χ4n) is 3.12. The number of carbonyl (C=O) groups is 1. The number of hydrogen-bond acceptors (Lipinski definition) is 6. The van der Waals surface area contributed by atoms with Crippen LogP contribution in [0.5, 0.6) is 5.75 Å². The minimum Gasteiger partial charge on any atom is -0.482 e. The molecule has 0 radical (unpaired) electrons. The maximum absolute atomic E-state index is 13.1. The fraction of sp³-hybridized carbons (Fsp3) is 0.120. The zero-order valence-corrected chi connectivity index (χ0v) is 17.5. The number of para-hydroxylation sites is 1. The first-order chi connectivity index (χ1) is 15.7. The van der Waals surface area contributed by atoms with E-state index in [1.807, 2.05) is 42.5 Å². The molecule has 32 heavy (non-hydrogen) atoms. The van der Waals surface area contributed by atoms with E-state index in [-0.39, 0.29) is 12.2 Å². The van der Waals surface area contributed by atoms with E-state index in [4.69, 9.17) is 9.47 Å². The summed E-state index contributed by atoms with van der Waals surface area (Å²) < 4.78 is 11.5. The lowest BCUT2D eigenvalue weighted by Crippen LogP contribution is -2.20. The Morgan fingerprint density at radius 1 is 1.00 bits per heavy atom. The van der Waals surface area contributed by atoms with Gasteiger partial charge < -0.3 is 9.47 Å². The maximum Gasteiger partial charge on any atom is 0.344 e. The van der Waals surface area contributed by atoms with Crippen LogP contribution in [0.2, 0.25) is 0 Å². The van der Waals surface area contributed by atoms with Gasteiger partial charge in [-0.15, -0.1) is 0 Å². The lowest BCUT2D eigenvalue weighted by Gasteiger charge is -2.09. The number of aromatic nitrogens is 2. The van der Waals surface area contributed by atoms with Crippen LogP contribution in [-0.2, 0) is 9.53 Å². The zero-order valence-electron chi connectivity index (χ0n) is 17.5. The van der Waals surface area contributed by atoms with E-state index in [0.717, 1.165) is 11.1 Å². The molecule has 7 heteroatoms. The van der Waals surface area contributed by atoms with Crippen molar-refractivity contribution in [3.05, 3.63) is 94.8 Å². The molecule has 1 aromatic heterocycles. The van der Waals surface area contributed by atoms with Crippen molar-refractivity contribution in [3.8, 4) is 17.1 Å². The largest absolute Gasteiger partial charge is 0.482 e. The summed E-state index contributed by atoms with van der Waals surface area (Å²) in [6, 6.07) is 23.7. The van der Waals surface area contributed by atoms with Crippen LogP contribution < -0.4 is 10.3 Å². The Kier molecular flexibility index (Phi) is 6.36. The molecule has 0 saturated carbocycles. The molecule has 0 saturated heterocycles. The Bertz CT molecular complexity index is 1310. The van der Waals surface area contributed by atoms with Crippen molar-refractivity contribution in [3.63, 3.8) is 0 Å². The molecule has 4 aromatic rings. The Labute approximate surface area is 184 Å². The van der Waals surface area contributed by atoms with Gasteiger partial charge in [-0.25, -0.2) is 9.78 Å².